The Balaban J connectivity index is 1.89. The Labute approximate surface area is 178 Å². The number of carbonyl (C=O) groups excluding carboxylic acids is 2. The topological polar surface area (TPSA) is 108 Å². The number of ether oxygens (including phenoxy) is 1. The lowest BCUT2D eigenvalue weighted by molar-refractivity contribution is -0.112. The van der Waals surface area contributed by atoms with E-state index in [9.17, 15) is 14.9 Å². The number of nitrogens with one attached hydrogen (secondary N) is 2. The van der Waals surface area contributed by atoms with Crippen molar-refractivity contribution in [3.8, 4) is 17.3 Å². The molecule has 0 fully saturated rings. The van der Waals surface area contributed by atoms with Gasteiger partial charge < -0.3 is 10.1 Å². The third-order valence-corrected chi connectivity index (χ3v) is 5.42. The van der Waals surface area contributed by atoms with Crippen molar-refractivity contribution in [2.75, 3.05) is 12.4 Å². The van der Waals surface area contributed by atoms with Crippen LogP contribution in [0, 0.1) is 11.3 Å². The summed E-state index contributed by atoms with van der Waals surface area (Å²) in [7, 11) is 1.29. The number of hydrogen-bond donors (Lipinski definition) is 2. The molecule has 2 aromatic heterocycles. The number of benzene rings is 1. The summed E-state index contributed by atoms with van der Waals surface area (Å²) in [5, 5.41) is 19.5. The zero-order chi connectivity index (χ0) is 21.5. The molecule has 2 N–H and O–H groups in total. The molecule has 0 aliphatic carbocycles. The van der Waals surface area contributed by atoms with Crippen LogP contribution in [0.15, 0.2) is 48.2 Å². The number of nitriles is 1. The van der Waals surface area contributed by atoms with Crippen LogP contribution in [-0.4, -0.2) is 29.2 Å². The Morgan fingerprint density at radius 1 is 1.33 bits per heavy atom. The van der Waals surface area contributed by atoms with Crippen molar-refractivity contribution in [1.82, 2.24) is 10.2 Å². The largest absolute Gasteiger partial charge is 0.465 e. The predicted octanol–water partition coefficient (Wildman–Crippen LogP) is 4.42. The lowest BCUT2D eigenvalue weighted by Crippen LogP contribution is -2.15. The Hall–Kier alpha value is -3.70. The molecule has 3 aromatic rings. The molecular weight excluding hydrogens is 400 g/mol. The van der Waals surface area contributed by atoms with E-state index in [4.69, 9.17) is 4.74 Å². The van der Waals surface area contributed by atoms with E-state index < -0.39 is 11.9 Å². The number of rotatable bonds is 7. The number of thiophene rings is 1. The highest BCUT2D eigenvalue weighted by atomic mass is 32.1. The molecule has 0 unspecified atom stereocenters. The molecule has 1 amide bonds. The van der Waals surface area contributed by atoms with Gasteiger partial charge in [0.2, 0.25) is 0 Å². The smallest absolute Gasteiger partial charge is 0.340 e. The number of aromatic amines is 1. The second-order valence-electron chi connectivity index (χ2n) is 6.39. The fraction of sp³-hybridized carbons (Fsp3) is 0.182. The quantitative estimate of drug-likeness (QED) is 0.334. The van der Waals surface area contributed by atoms with Crippen molar-refractivity contribution < 1.29 is 14.3 Å². The first-order chi connectivity index (χ1) is 14.6. The van der Waals surface area contributed by atoms with Crippen molar-refractivity contribution in [3.05, 3.63) is 64.2 Å². The van der Waals surface area contributed by atoms with E-state index in [1.165, 1.54) is 24.5 Å². The second-order valence-corrected chi connectivity index (χ2v) is 7.52. The minimum absolute atomic E-state index is 0.102. The number of esters is 1. The summed E-state index contributed by atoms with van der Waals surface area (Å²) in [6.45, 7) is 2.03. The van der Waals surface area contributed by atoms with Crippen LogP contribution in [0.4, 0.5) is 5.00 Å². The van der Waals surface area contributed by atoms with Crippen molar-refractivity contribution in [3.63, 3.8) is 0 Å². The molecule has 7 nitrogen and oxygen atoms in total. The molecule has 2 heterocycles. The van der Waals surface area contributed by atoms with Gasteiger partial charge in [-0.1, -0.05) is 43.7 Å². The molecule has 0 aliphatic heterocycles. The molecule has 0 bridgehead atoms. The Kier molecular flexibility index (Phi) is 6.78. The van der Waals surface area contributed by atoms with Gasteiger partial charge in [-0.15, -0.1) is 11.3 Å². The number of hydrogen-bond acceptors (Lipinski definition) is 6. The number of methoxy groups -OCH3 is 1. The van der Waals surface area contributed by atoms with Crippen LogP contribution >= 0.6 is 11.3 Å². The molecule has 0 spiro atoms. The van der Waals surface area contributed by atoms with Gasteiger partial charge in [0.1, 0.15) is 16.6 Å². The van der Waals surface area contributed by atoms with Gasteiger partial charge in [-0.05, 0) is 18.6 Å². The van der Waals surface area contributed by atoms with Crippen LogP contribution in [0.2, 0.25) is 0 Å². The summed E-state index contributed by atoms with van der Waals surface area (Å²) >= 11 is 1.30. The number of anilines is 1. The molecule has 0 aliphatic rings. The highest BCUT2D eigenvalue weighted by molar-refractivity contribution is 7.16. The average molecular weight is 420 g/mol. The molecule has 0 saturated heterocycles. The Bertz CT molecular complexity index is 1120. The summed E-state index contributed by atoms with van der Waals surface area (Å²) in [6.07, 6.45) is 4.71. The van der Waals surface area contributed by atoms with Gasteiger partial charge in [-0.3, -0.25) is 9.89 Å². The number of amides is 1. The maximum Gasteiger partial charge on any atom is 0.340 e. The molecule has 152 valence electrons. The molecule has 30 heavy (non-hydrogen) atoms. The minimum Gasteiger partial charge on any atom is -0.465 e. The van der Waals surface area contributed by atoms with Crippen LogP contribution in [0.3, 0.4) is 0 Å². The lowest BCUT2D eigenvalue weighted by Gasteiger charge is -2.05. The first-order valence-electron chi connectivity index (χ1n) is 9.30. The van der Waals surface area contributed by atoms with Gasteiger partial charge in [0.15, 0.2) is 0 Å². The maximum absolute atomic E-state index is 12.8. The molecule has 0 saturated carbocycles. The molecule has 1 aromatic carbocycles. The second kappa shape index (κ2) is 9.67. The van der Waals surface area contributed by atoms with Gasteiger partial charge >= 0.3 is 5.97 Å². The number of nitrogens with zero attached hydrogens (tertiary/aromatic N) is 2. The normalized spacial score (nSPS) is 11.0. The van der Waals surface area contributed by atoms with Crippen LogP contribution in [0.25, 0.3) is 17.3 Å². The molecular formula is C22H20N4O3S. The lowest BCUT2D eigenvalue weighted by atomic mass is 10.1. The van der Waals surface area contributed by atoms with Crippen molar-refractivity contribution in [2.45, 2.75) is 19.8 Å². The summed E-state index contributed by atoms with van der Waals surface area (Å²) < 4.78 is 4.81. The summed E-state index contributed by atoms with van der Waals surface area (Å²) in [5.74, 6) is -1.14. The summed E-state index contributed by atoms with van der Waals surface area (Å²) in [5.41, 5.74) is 2.38. The number of H-pyrrole nitrogens is 1. The highest BCUT2D eigenvalue weighted by Crippen LogP contribution is 2.30. The fourth-order valence-corrected chi connectivity index (χ4v) is 4.02. The van der Waals surface area contributed by atoms with Crippen molar-refractivity contribution in [2.24, 2.45) is 0 Å². The Morgan fingerprint density at radius 3 is 2.77 bits per heavy atom. The maximum atomic E-state index is 12.8. The molecule has 0 radical (unpaired) electrons. The van der Waals surface area contributed by atoms with Crippen LogP contribution in [0.5, 0.6) is 0 Å². The van der Waals surface area contributed by atoms with E-state index in [-0.39, 0.29) is 11.1 Å². The van der Waals surface area contributed by atoms with E-state index in [1.807, 2.05) is 43.3 Å². The monoisotopic (exact) mass is 420 g/mol. The van der Waals surface area contributed by atoms with E-state index in [2.05, 4.69) is 15.5 Å². The molecule has 8 heteroatoms. The predicted molar refractivity (Wildman–Crippen MR) is 116 cm³/mol. The highest BCUT2D eigenvalue weighted by Gasteiger charge is 2.20. The number of aromatic nitrogens is 2. The summed E-state index contributed by atoms with van der Waals surface area (Å²) in [6, 6.07) is 13.1. The number of aryl methyl sites for hydroxylation is 1. The first kappa shape index (κ1) is 21.0. The van der Waals surface area contributed by atoms with Gasteiger partial charge in [-0.25, -0.2) is 4.79 Å². The van der Waals surface area contributed by atoms with Crippen LogP contribution in [-0.2, 0) is 16.0 Å². The molecule has 3 rings (SSSR count). The van der Waals surface area contributed by atoms with Gasteiger partial charge in [0.25, 0.3) is 5.91 Å². The Morgan fingerprint density at radius 2 is 2.10 bits per heavy atom. The number of carbonyl (C=O) groups is 2. The van der Waals surface area contributed by atoms with Crippen molar-refractivity contribution in [1.29, 1.82) is 5.26 Å². The standard InChI is InChI=1S/C22H20N4O3S/c1-3-7-17-11-18(22(28)29-2)21(30-17)25-20(27)15(12-23)10-16-13-24-26-19(16)14-8-5-4-6-9-14/h4-6,8-11,13H,3,7H2,1-2H3,(H,24,26)(H,25,27)/b15-10+. The SMILES string of the molecule is CCCc1cc(C(=O)OC)c(NC(=O)/C(C#N)=C/c2cn[nH]c2-c2ccccc2)s1. The van der Waals surface area contributed by atoms with Crippen LogP contribution < -0.4 is 5.32 Å². The first-order valence-corrected chi connectivity index (χ1v) is 10.1. The minimum atomic E-state index is -0.604. The van der Waals surface area contributed by atoms with E-state index in [1.54, 1.807) is 12.3 Å². The van der Waals surface area contributed by atoms with E-state index >= 15 is 0 Å². The van der Waals surface area contributed by atoms with E-state index in [0.29, 0.717) is 16.3 Å². The molecule has 0 atom stereocenters. The summed E-state index contributed by atoms with van der Waals surface area (Å²) in [4.78, 5) is 25.8. The van der Waals surface area contributed by atoms with Crippen molar-refractivity contribution >= 4 is 34.3 Å². The average Bonchev–Trinajstić information content (AvgIpc) is 3.39. The van der Waals surface area contributed by atoms with Gasteiger partial charge in [0, 0.05) is 16.0 Å². The fourth-order valence-electron chi connectivity index (χ4n) is 2.88. The van der Waals surface area contributed by atoms with Crippen LogP contribution in [0.1, 0.15) is 34.1 Å². The zero-order valence-electron chi connectivity index (χ0n) is 16.6. The third kappa shape index (κ3) is 4.64. The zero-order valence-corrected chi connectivity index (χ0v) is 17.4. The van der Waals surface area contributed by atoms with Gasteiger partial charge in [-0.2, -0.15) is 10.4 Å². The van der Waals surface area contributed by atoms with E-state index in [0.717, 1.165) is 23.3 Å². The van der Waals surface area contributed by atoms with Gasteiger partial charge in [0.05, 0.1) is 24.6 Å². The third-order valence-electron chi connectivity index (χ3n) is 4.31.